The van der Waals surface area contributed by atoms with Gasteiger partial charge in [0.15, 0.2) is 0 Å². The Balaban J connectivity index is 3.60. The molecule has 0 saturated heterocycles. The monoisotopic (exact) mass is 360 g/mol. The summed E-state index contributed by atoms with van der Waals surface area (Å²) in [5.41, 5.74) is 2.22. The van der Waals surface area contributed by atoms with Crippen LogP contribution in [0.1, 0.15) is 15.9 Å². The lowest BCUT2D eigenvalue weighted by molar-refractivity contribution is -0.386. The van der Waals surface area contributed by atoms with E-state index in [1.807, 2.05) is 0 Å². The van der Waals surface area contributed by atoms with E-state index in [2.05, 4.69) is 0 Å². The van der Waals surface area contributed by atoms with Gasteiger partial charge in [0.05, 0.1) is 10.5 Å². The Labute approximate surface area is 106 Å². The first-order chi connectivity index (χ1) is 7.64. The molecule has 0 bridgehead atoms. The van der Waals surface area contributed by atoms with Crippen molar-refractivity contribution in [1.29, 1.82) is 0 Å². The molecule has 0 atom stereocenters. The second-order valence-electron chi connectivity index (χ2n) is 2.98. The quantitative estimate of drug-likeness (QED) is 0.499. The first-order valence-corrected chi connectivity index (χ1v) is 5.07. The van der Waals surface area contributed by atoms with Crippen molar-refractivity contribution in [1.82, 2.24) is 0 Å². The Bertz CT molecular complexity index is 502. The molecule has 1 aromatic rings. The molecule has 5 nitrogen and oxygen atoms in total. The molecule has 0 aliphatic heterocycles. The zero-order valence-corrected chi connectivity index (χ0v) is 10.1. The SMILES string of the molecule is NC(=O)c1cc([N+](=O)[O-])c(I)c(C(F)(F)F)c1. The number of primary amides is 1. The molecule has 2 N–H and O–H groups in total. The number of nitro benzene ring substituents is 1. The van der Waals surface area contributed by atoms with Gasteiger partial charge in [-0.25, -0.2) is 0 Å². The highest BCUT2D eigenvalue weighted by molar-refractivity contribution is 14.1. The summed E-state index contributed by atoms with van der Waals surface area (Å²) in [5, 5.41) is 10.6. The van der Waals surface area contributed by atoms with Crippen molar-refractivity contribution >= 4 is 34.2 Å². The number of amides is 1. The van der Waals surface area contributed by atoms with E-state index in [0.29, 0.717) is 6.07 Å². The third kappa shape index (κ3) is 2.84. The Morgan fingerprint density at radius 2 is 1.94 bits per heavy atom. The molecule has 1 amide bonds. The van der Waals surface area contributed by atoms with Crippen molar-refractivity contribution in [2.45, 2.75) is 6.18 Å². The maximum atomic E-state index is 12.6. The average molecular weight is 360 g/mol. The summed E-state index contributed by atoms with van der Waals surface area (Å²) < 4.78 is 37.1. The molecular formula is C8H4F3IN2O3. The summed E-state index contributed by atoms with van der Waals surface area (Å²) in [6.07, 6.45) is -4.78. The number of hydrogen-bond donors (Lipinski definition) is 1. The number of hydrogen-bond acceptors (Lipinski definition) is 3. The lowest BCUT2D eigenvalue weighted by atomic mass is 10.1. The molecule has 0 fully saturated rings. The average Bonchev–Trinajstić information content (AvgIpc) is 2.15. The first-order valence-electron chi connectivity index (χ1n) is 3.99. The molecule has 0 heterocycles. The van der Waals surface area contributed by atoms with Crippen LogP contribution in [0.25, 0.3) is 0 Å². The summed E-state index contributed by atoms with van der Waals surface area (Å²) in [6.45, 7) is 0. The van der Waals surface area contributed by atoms with Crippen LogP contribution in [-0.2, 0) is 6.18 Å². The smallest absolute Gasteiger partial charge is 0.366 e. The van der Waals surface area contributed by atoms with Crippen LogP contribution in [0.5, 0.6) is 0 Å². The van der Waals surface area contributed by atoms with Crippen molar-refractivity contribution in [3.05, 3.63) is 36.9 Å². The normalized spacial score (nSPS) is 11.3. The molecule has 9 heteroatoms. The fourth-order valence-electron chi connectivity index (χ4n) is 1.09. The van der Waals surface area contributed by atoms with E-state index < -0.39 is 37.4 Å². The van der Waals surface area contributed by atoms with Gasteiger partial charge < -0.3 is 5.73 Å². The predicted octanol–water partition coefficient (Wildman–Crippen LogP) is 2.32. The Hall–Kier alpha value is -1.39. The number of halogens is 4. The van der Waals surface area contributed by atoms with Gasteiger partial charge in [-0.3, -0.25) is 14.9 Å². The predicted molar refractivity (Wildman–Crippen MR) is 59.3 cm³/mol. The fraction of sp³-hybridized carbons (Fsp3) is 0.125. The number of nitro groups is 1. The number of carbonyl (C=O) groups is 1. The van der Waals surface area contributed by atoms with Crippen LogP contribution < -0.4 is 5.73 Å². The Kier molecular flexibility index (Phi) is 3.59. The minimum Gasteiger partial charge on any atom is -0.366 e. The largest absolute Gasteiger partial charge is 0.417 e. The molecule has 17 heavy (non-hydrogen) atoms. The Morgan fingerprint density at radius 1 is 1.41 bits per heavy atom. The van der Waals surface area contributed by atoms with Gasteiger partial charge in [-0.1, -0.05) is 0 Å². The number of alkyl halides is 3. The summed E-state index contributed by atoms with van der Waals surface area (Å²) in [7, 11) is 0. The second-order valence-corrected chi connectivity index (χ2v) is 4.05. The van der Waals surface area contributed by atoms with Crippen LogP contribution in [0.3, 0.4) is 0 Å². The zero-order valence-electron chi connectivity index (χ0n) is 7.92. The van der Waals surface area contributed by atoms with Crippen LogP contribution in [0.4, 0.5) is 18.9 Å². The molecule has 0 aliphatic rings. The number of rotatable bonds is 2. The molecular weight excluding hydrogens is 356 g/mol. The zero-order chi connectivity index (χ0) is 13.4. The second kappa shape index (κ2) is 4.47. The summed E-state index contributed by atoms with van der Waals surface area (Å²) in [6, 6.07) is 1.22. The number of benzene rings is 1. The van der Waals surface area contributed by atoms with E-state index >= 15 is 0 Å². The van der Waals surface area contributed by atoms with Crippen LogP contribution in [-0.4, -0.2) is 10.8 Å². The highest BCUT2D eigenvalue weighted by Crippen LogP contribution is 2.37. The molecule has 0 spiro atoms. The van der Waals surface area contributed by atoms with Crippen molar-refractivity contribution in [3.63, 3.8) is 0 Å². The van der Waals surface area contributed by atoms with Gasteiger partial charge in [0, 0.05) is 11.6 Å². The van der Waals surface area contributed by atoms with Crippen LogP contribution in [0.2, 0.25) is 0 Å². The lowest BCUT2D eigenvalue weighted by Crippen LogP contribution is -2.16. The van der Waals surface area contributed by atoms with E-state index in [1.165, 1.54) is 22.6 Å². The van der Waals surface area contributed by atoms with Gasteiger partial charge in [0.25, 0.3) is 5.69 Å². The van der Waals surface area contributed by atoms with Crippen LogP contribution >= 0.6 is 22.6 Å². The first kappa shape index (κ1) is 13.7. The Morgan fingerprint density at radius 3 is 2.29 bits per heavy atom. The molecule has 0 unspecified atom stereocenters. The molecule has 0 radical (unpaired) electrons. The maximum absolute atomic E-state index is 12.6. The summed E-state index contributed by atoms with van der Waals surface area (Å²) >= 11 is 1.21. The lowest BCUT2D eigenvalue weighted by Gasteiger charge is -2.10. The van der Waals surface area contributed by atoms with Gasteiger partial charge >= 0.3 is 6.18 Å². The molecule has 1 aromatic carbocycles. The highest BCUT2D eigenvalue weighted by atomic mass is 127. The van der Waals surface area contributed by atoms with E-state index in [1.54, 1.807) is 0 Å². The van der Waals surface area contributed by atoms with Crippen molar-refractivity contribution < 1.29 is 22.9 Å². The minimum absolute atomic E-state index is 0.497. The van der Waals surface area contributed by atoms with E-state index in [4.69, 9.17) is 5.73 Å². The van der Waals surface area contributed by atoms with E-state index in [-0.39, 0.29) is 0 Å². The number of carbonyl (C=O) groups excluding carboxylic acids is 1. The van der Waals surface area contributed by atoms with Crippen molar-refractivity contribution in [2.24, 2.45) is 5.73 Å². The van der Waals surface area contributed by atoms with Crippen LogP contribution in [0.15, 0.2) is 12.1 Å². The molecule has 0 aromatic heterocycles. The van der Waals surface area contributed by atoms with Crippen LogP contribution in [0, 0.1) is 13.7 Å². The molecule has 1 rings (SSSR count). The van der Waals surface area contributed by atoms with Crippen molar-refractivity contribution in [2.75, 3.05) is 0 Å². The van der Waals surface area contributed by atoms with Gasteiger partial charge in [-0.2, -0.15) is 13.2 Å². The third-order valence-corrected chi connectivity index (χ3v) is 2.97. The highest BCUT2D eigenvalue weighted by Gasteiger charge is 2.37. The van der Waals surface area contributed by atoms with E-state index in [9.17, 15) is 28.1 Å². The van der Waals surface area contributed by atoms with Gasteiger partial charge in [-0.05, 0) is 28.7 Å². The third-order valence-electron chi connectivity index (χ3n) is 1.84. The van der Waals surface area contributed by atoms with E-state index in [0.717, 1.165) is 6.07 Å². The number of nitrogens with two attached hydrogens (primary N) is 1. The van der Waals surface area contributed by atoms with Crippen molar-refractivity contribution in [3.8, 4) is 0 Å². The van der Waals surface area contributed by atoms with Gasteiger partial charge in [0.2, 0.25) is 5.91 Å². The molecule has 0 saturated carbocycles. The minimum atomic E-state index is -4.78. The summed E-state index contributed by atoms with van der Waals surface area (Å²) in [5.74, 6) is -1.16. The topological polar surface area (TPSA) is 86.2 Å². The summed E-state index contributed by atoms with van der Waals surface area (Å²) in [4.78, 5) is 20.4. The fourth-order valence-corrected chi connectivity index (χ4v) is 1.90. The van der Waals surface area contributed by atoms with Gasteiger partial charge in [0.1, 0.15) is 3.57 Å². The molecule has 0 aliphatic carbocycles. The number of nitrogens with zero attached hydrogens (tertiary/aromatic N) is 1. The molecule has 92 valence electrons. The standard InChI is InChI=1S/C8H4F3IN2O3/c9-8(10,11)4-1-3(7(13)15)2-5(6(4)12)14(16)17/h1-2H,(H2,13,15). The maximum Gasteiger partial charge on any atom is 0.417 e. The van der Waals surface area contributed by atoms with Gasteiger partial charge in [-0.15, -0.1) is 0 Å².